The predicted octanol–water partition coefficient (Wildman–Crippen LogP) is 2.84. The van der Waals surface area contributed by atoms with Crippen LogP contribution >= 0.6 is 15.9 Å². The number of allylic oxidation sites excluding steroid dienone is 1. The molecular formula is C25H35BrN6O2. The fourth-order valence-electron chi connectivity index (χ4n) is 4.94. The number of rotatable bonds is 5. The summed E-state index contributed by atoms with van der Waals surface area (Å²) in [7, 11) is 1.81. The monoisotopic (exact) mass is 530 g/mol. The Bertz CT molecular complexity index is 985. The SMILES string of the molecule is CNc1cncc(C(=O)N2CCC[C@@H](NC3=C(C(=O)N4CCC(C)CC4)CC(Br)C=C3N)C2)c1. The zero-order valence-corrected chi connectivity index (χ0v) is 21.6. The number of carbonyl (C=O) groups is 2. The Morgan fingerprint density at radius 1 is 1.12 bits per heavy atom. The molecule has 2 saturated heterocycles. The summed E-state index contributed by atoms with van der Waals surface area (Å²) in [5, 5.41) is 6.59. The number of alkyl halides is 1. The summed E-state index contributed by atoms with van der Waals surface area (Å²) in [4.78, 5) is 34.6. The van der Waals surface area contributed by atoms with Gasteiger partial charge >= 0.3 is 0 Å². The number of piperidine rings is 2. The average molecular weight is 531 g/mol. The molecule has 1 aliphatic carbocycles. The molecule has 3 heterocycles. The van der Waals surface area contributed by atoms with Crippen molar-refractivity contribution in [2.75, 3.05) is 38.5 Å². The average Bonchev–Trinajstić information content (AvgIpc) is 2.85. The smallest absolute Gasteiger partial charge is 0.255 e. The van der Waals surface area contributed by atoms with Crippen molar-refractivity contribution in [3.8, 4) is 0 Å². The molecule has 3 aliphatic rings. The molecule has 4 N–H and O–H groups in total. The first-order valence-electron chi connectivity index (χ1n) is 12.2. The van der Waals surface area contributed by atoms with Crippen molar-refractivity contribution in [3.05, 3.63) is 47.1 Å². The lowest BCUT2D eigenvalue weighted by molar-refractivity contribution is -0.128. The second kappa shape index (κ2) is 10.8. The molecule has 2 atom stereocenters. The summed E-state index contributed by atoms with van der Waals surface area (Å²) in [6, 6.07) is 1.85. The normalized spacial score (nSPS) is 24.0. The van der Waals surface area contributed by atoms with Gasteiger partial charge in [-0.15, -0.1) is 0 Å². The lowest BCUT2D eigenvalue weighted by Gasteiger charge is -2.37. The minimum Gasteiger partial charge on any atom is -0.397 e. The van der Waals surface area contributed by atoms with Crippen LogP contribution in [0.5, 0.6) is 0 Å². The maximum absolute atomic E-state index is 13.5. The molecule has 8 nitrogen and oxygen atoms in total. The number of halogens is 1. The lowest BCUT2D eigenvalue weighted by Crippen LogP contribution is -2.49. The van der Waals surface area contributed by atoms with Gasteiger partial charge in [0.25, 0.3) is 11.8 Å². The standard InChI is InChI=1S/C25H35BrN6O2/c1-16-5-8-31(9-6-16)25(34)21-11-18(26)12-22(27)23(21)30-19-4-3-7-32(15-19)24(33)17-10-20(28-2)14-29-13-17/h10,12-14,16,18-19,28,30H,3-9,11,15,27H2,1-2H3/t18?,19-/m1/s1. The number of carbonyl (C=O) groups excluding carboxylic acids is 2. The fourth-order valence-corrected chi connectivity index (χ4v) is 5.54. The lowest BCUT2D eigenvalue weighted by atomic mass is 9.94. The van der Waals surface area contributed by atoms with Crippen molar-refractivity contribution in [2.45, 2.75) is 49.9 Å². The van der Waals surface area contributed by atoms with E-state index in [1.54, 1.807) is 12.4 Å². The van der Waals surface area contributed by atoms with E-state index in [4.69, 9.17) is 5.73 Å². The first-order valence-corrected chi connectivity index (χ1v) is 13.1. The van der Waals surface area contributed by atoms with E-state index in [0.717, 1.165) is 55.7 Å². The number of hydrogen-bond donors (Lipinski definition) is 3. The zero-order valence-electron chi connectivity index (χ0n) is 20.0. The second-order valence-electron chi connectivity index (χ2n) is 9.62. The van der Waals surface area contributed by atoms with Crippen LogP contribution in [0.3, 0.4) is 0 Å². The van der Waals surface area contributed by atoms with Gasteiger partial charge in [-0.25, -0.2) is 0 Å². The minimum absolute atomic E-state index is 0.0242. The molecule has 0 radical (unpaired) electrons. The van der Waals surface area contributed by atoms with E-state index in [1.165, 1.54) is 0 Å². The van der Waals surface area contributed by atoms with Crippen LogP contribution in [-0.2, 0) is 4.79 Å². The summed E-state index contributed by atoms with van der Waals surface area (Å²) < 4.78 is 0. The summed E-state index contributed by atoms with van der Waals surface area (Å²) in [5.74, 6) is 0.704. The van der Waals surface area contributed by atoms with Crippen LogP contribution in [0.25, 0.3) is 0 Å². The van der Waals surface area contributed by atoms with Gasteiger partial charge in [-0.1, -0.05) is 22.9 Å². The van der Waals surface area contributed by atoms with Gasteiger partial charge in [0.1, 0.15) is 0 Å². The molecule has 1 aromatic rings. The van der Waals surface area contributed by atoms with Crippen molar-refractivity contribution < 1.29 is 9.59 Å². The van der Waals surface area contributed by atoms with Crippen LogP contribution in [0.2, 0.25) is 0 Å². The highest BCUT2D eigenvalue weighted by atomic mass is 79.9. The van der Waals surface area contributed by atoms with Crippen LogP contribution in [-0.4, -0.2) is 70.7 Å². The Kier molecular flexibility index (Phi) is 7.80. The Hall–Kier alpha value is -2.55. The van der Waals surface area contributed by atoms with Gasteiger partial charge in [0, 0.05) is 62.1 Å². The number of anilines is 1. The Labute approximate surface area is 210 Å². The number of nitrogens with two attached hydrogens (primary N) is 1. The van der Waals surface area contributed by atoms with Gasteiger partial charge in [-0.2, -0.15) is 0 Å². The third kappa shape index (κ3) is 5.56. The van der Waals surface area contributed by atoms with E-state index in [1.807, 2.05) is 29.0 Å². The number of hydrogen-bond acceptors (Lipinski definition) is 6. The minimum atomic E-state index is -0.0310. The summed E-state index contributed by atoms with van der Waals surface area (Å²) >= 11 is 3.64. The molecule has 2 fully saturated rings. The van der Waals surface area contributed by atoms with Crippen LogP contribution in [0.15, 0.2) is 41.5 Å². The number of pyridine rings is 1. The third-order valence-corrected chi connectivity index (χ3v) is 7.60. The summed E-state index contributed by atoms with van der Waals surface area (Å²) in [6.07, 6.45) is 9.73. The van der Waals surface area contributed by atoms with Crippen LogP contribution in [0, 0.1) is 5.92 Å². The number of aromatic nitrogens is 1. The van der Waals surface area contributed by atoms with E-state index in [9.17, 15) is 9.59 Å². The molecule has 0 aromatic carbocycles. The van der Waals surface area contributed by atoms with Crippen LogP contribution in [0.1, 0.15) is 49.4 Å². The highest BCUT2D eigenvalue weighted by Gasteiger charge is 2.32. The molecule has 34 heavy (non-hydrogen) atoms. The number of likely N-dealkylation sites (tertiary alicyclic amines) is 2. The van der Waals surface area contributed by atoms with Crippen molar-refractivity contribution in [1.82, 2.24) is 20.1 Å². The number of nitrogens with zero attached hydrogens (tertiary/aromatic N) is 3. The molecule has 0 saturated carbocycles. The van der Waals surface area contributed by atoms with E-state index in [2.05, 4.69) is 38.5 Å². The Balaban J connectivity index is 1.50. The molecule has 9 heteroatoms. The maximum Gasteiger partial charge on any atom is 0.255 e. The highest BCUT2D eigenvalue weighted by Crippen LogP contribution is 2.29. The van der Waals surface area contributed by atoms with E-state index in [0.29, 0.717) is 36.7 Å². The van der Waals surface area contributed by atoms with Crippen LogP contribution in [0.4, 0.5) is 5.69 Å². The molecule has 0 spiro atoms. The van der Waals surface area contributed by atoms with Crippen molar-refractivity contribution in [3.63, 3.8) is 0 Å². The van der Waals surface area contributed by atoms with Gasteiger partial charge < -0.3 is 26.2 Å². The number of nitrogens with one attached hydrogen (secondary N) is 2. The Morgan fingerprint density at radius 3 is 2.62 bits per heavy atom. The van der Waals surface area contributed by atoms with E-state index in [-0.39, 0.29) is 22.7 Å². The van der Waals surface area contributed by atoms with Gasteiger partial charge in [-0.05, 0) is 50.2 Å². The van der Waals surface area contributed by atoms with Gasteiger partial charge in [0.2, 0.25) is 0 Å². The summed E-state index contributed by atoms with van der Waals surface area (Å²) in [6.45, 7) is 5.08. The second-order valence-corrected chi connectivity index (χ2v) is 10.8. The zero-order chi connectivity index (χ0) is 24.2. The summed E-state index contributed by atoms with van der Waals surface area (Å²) in [5.41, 5.74) is 9.88. The van der Waals surface area contributed by atoms with Gasteiger partial charge in [0.15, 0.2) is 0 Å². The maximum atomic E-state index is 13.5. The molecule has 2 aliphatic heterocycles. The third-order valence-electron chi connectivity index (χ3n) is 7.01. The first-order chi connectivity index (χ1) is 16.4. The predicted molar refractivity (Wildman–Crippen MR) is 137 cm³/mol. The van der Waals surface area contributed by atoms with E-state index < -0.39 is 0 Å². The Morgan fingerprint density at radius 2 is 1.88 bits per heavy atom. The van der Waals surface area contributed by atoms with Gasteiger partial charge in [0.05, 0.1) is 22.6 Å². The number of amides is 2. The van der Waals surface area contributed by atoms with E-state index >= 15 is 0 Å². The quantitative estimate of drug-likeness (QED) is 0.505. The molecule has 1 aromatic heterocycles. The van der Waals surface area contributed by atoms with Gasteiger partial charge in [-0.3, -0.25) is 14.6 Å². The largest absolute Gasteiger partial charge is 0.397 e. The molecule has 2 amide bonds. The highest BCUT2D eigenvalue weighted by molar-refractivity contribution is 9.09. The van der Waals surface area contributed by atoms with Crippen molar-refractivity contribution in [2.24, 2.45) is 11.7 Å². The molecule has 4 rings (SSSR count). The first kappa shape index (κ1) is 24.6. The fraction of sp³-hybridized carbons (Fsp3) is 0.560. The van der Waals surface area contributed by atoms with Crippen molar-refractivity contribution in [1.29, 1.82) is 0 Å². The molecular weight excluding hydrogens is 496 g/mol. The van der Waals surface area contributed by atoms with Crippen molar-refractivity contribution >= 4 is 33.4 Å². The molecule has 0 bridgehead atoms. The van der Waals surface area contributed by atoms with Crippen LogP contribution < -0.4 is 16.4 Å². The molecule has 1 unspecified atom stereocenters. The topological polar surface area (TPSA) is 104 Å². The molecule has 184 valence electrons.